The van der Waals surface area contributed by atoms with Crippen molar-refractivity contribution in [3.63, 3.8) is 0 Å². The first kappa shape index (κ1) is 12.9. The van der Waals surface area contributed by atoms with Crippen LogP contribution >= 0.6 is 0 Å². The molecule has 3 nitrogen and oxygen atoms in total. The summed E-state index contributed by atoms with van der Waals surface area (Å²) in [6.45, 7) is 3.68. The number of rotatable bonds is 0. The minimum absolute atomic E-state index is 0.390. The molecule has 5 rings (SSSR count). The third-order valence-corrected chi connectivity index (χ3v) is 5.15. The molecule has 114 valence electrons. The summed E-state index contributed by atoms with van der Waals surface area (Å²) in [5, 5.41) is 12.4. The molecule has 2 aromatic carbocycles. The van der Waals surface area contributed by atoms with Crippen molar-refractivity contribution in [2.45, 2.75) is 26.3 Å². The Morgan fingerprint density at radius 2 is 2.00 bits per heavy atom. The maximum absolute atomic E-state index is 10.3. The monoisotopic (exact) mass is 304 g/mol. The summed E-state index contributed by atoms with van der Waals surface area (Å²) in [7, 11) is 0. The number of benzene rings is 2. The van der Waals surface area contributed by atoms with Gasteiger partial charge in [-0.05, 0) is 35.1 Å². The average molecular weight is 304 g/mol. The first-order valence-corrected chi connectivity index (χ1v) is 8.15. The van der Waals surface area contributed by atoms with E-state index in [9.17, 15) is 5.11 Å². The van der Waals surface area contributed by atoms with E-state index in [1.165, 1.54) is 22.4 Å². The van der Waals surface area contributed by atoms with E-state index in [2.05, 4.69) is 35.0 Å². The van der Waals surface area contributed by atoms with Crippen LogP contribution in [0.25, 0.3) is 22.0 Å². The number of hydrogen-bond acceptors (Lipinski definition) is 2. The molecule has 1 N–H and O–H groups in total. The van der Waals surface area contributed by atoms with E-state index in [0.717, 1.165) is 48.1 Å². The van der Waals surface area contributed by atoms with Gasteiger partial charge in [-0.15, -0.1) is 0 Å². The number of ether oxygens (including phenoxy) is 1. The van der Waals surface area contributed by atoms with Crippen LogP contribution in [0.15, 0.2) is 36.5 Å². The minimum atomic E-state index is 0.390. The fourth-order valence-electron chi connectivity index (χ4n) is 3.83. The summed E-state index contributed by atoms with van der Waals surface area (Å²) in [6, 6.07) is 10.8. The molecule has 2 aliphatic heterocycles. The molecule has 0 saturated heterocycles. The fraction of sp³-hybridized carbons (Fsp3) is 0.250. The lowest BCUT2D eigenvalue weighted by Gasteiger charge is -2.17. The molecule has 23 heavy (non-hydrogen) atoms. The highest BCUT2D eigenvalue weighted by molar-refractivity contribution is 5.90. The maximum Gasteiger partial charge on any atom is 0.213 e. The SMILES string of the molecule is Cc1ccc2cc3[n+](cc2c1O)CCc1cc2c(cc1-3)OCC2. The predicted molar refractivity (Wildman–Crippen MR) is 88.9 cm³/mol. The van der Waals surface area contributed by atoms with Crippen LogP contribution in [0.2, 0.25) is 0 Å². The van der Waals surface area contributed by atoms with Crippen molar-refractivity contribution >= 4 is 10.8 Å². The standard InChI is InChI=1S/C20H17NO2/c1-12-2-3-13-9-18-16-10-19-15(5-7-23-19)8-14(16)4-6-21(18)11-17(13)20(12)22/h2-3,8-11H,4-7H2,1H3/p+1. The highest BCUT2D eigenvalue weighted by Gasteiger charge is 2.27. The first-order chi connectivity index (χ1) is 11.2. The number of aryl methyl sites for hydroxylation is 3. The fourth-order valence-corrected chi connectivity index (χ4v) is 3.83. The zero-order valence-corrected chi connectivity index (χ0v) is 13.1. The Bertz CT molecular complexity index is 975. The van der Waals surface area contributed by atoms with E-state index in [1.807, 2.05) is 13.0 Å². The Hall–Kier alpha value is -2.55. The van der Waals surface area contributed by atoms with Gasteiger partial charge in [-0.25, -0.2) is 0 Å². The molecule has 2 aliphatic rings. The molecule has 0 radical (unpaired) electrons. The zero-order valence-electron chi connectivity index (χ0n) is 13.1. The van der Waals surface area contributed by atoms with Gasteiger partial charge in [0.15, 0.2) is 12.7 Å². The normalized spacial score (nSPS) is 15.0. The van der Waals surface area contributed by atoms with Crippen molar-refractivity contribution in [3.05, 3.63) is 53.2 Å². The molecular formula is C20H18NO2+. The van der Waals surface area contributed by atoms with Gasteiger partial charge in [-0.3, -0.25) is 0 Å². The molecule has 3 aromatic rings. The molecule has 0 saturated carbocycles. The molecular weight excluding hydrogens is 286 g/mol. The van der Waals surface area contributed by atoms with Crippen LogP contribution in [-0.4, -0.2) is 11.7 Å². The highest BCUT2D eigenvalue weighted by atomic mass is 16.5. The minimum Gasteiger partial charge on any atom is -0.507 e. The van der Waals surface area contributed by atoms with Gasteiger partial charge in [0, 0.05) is 18.9 Å². The lowest BCUT2D eigenvalue weighted by Crippen LogP contribution is -2.40. The largest absolute Gasteiger partial charge is 0.507 e. The van der Waals surface area contributed by atoms with Crippen molar-refractivity contribution in [3.8, 4) is 22.8 Å². The van der Waals surface area contributed by atoms with Crippen LogP contribution in [0.1, 0.15) is 16.7 Å². The van der Waals surface area contributed by atoms with E-state index >= 15 is 0 Å². The zero-order chi connectivity index (χ0) is 15.6. The average Bonchev–Trinajstić information content (AvgIpc) is 3.02. The smallest absolute Gasteiger partial charge is 0.213 e. The molecule has 0 amide bonds. The Morgan fingerprint density at radius 3 is 2.91 bits per heavy atom. The van der Waals surface area contributed by atoms with Crippen LogP contribution in [0.5, 0.6) is 11.5 Å². The molecule has 0 spiro atoms. The number of fused-ring (bicyclic) bond motifs is 5. The van der Waals surface area contributed by atoms with Gasteiger partial charge in [0.05, 0.1) is 17.6 Å². The Morgan fingerprint density at radius 1 is 1.09 bits per heavy atom. The van der Waals surface area contributed by atoms with Crippen molar-refractivity contribution < 1.29 is 14.4 Å². The molecule has 1 aromatic heterocycles. The second kappa shape index (κ2) is 4.48. The number of phenols is 1. The first-order valence-electron chi connectivity index (χ1n) is 8.15. The number of nitrogens with zero attached hydrogens (tertiary/aromatic N) is 1. The number of aromatic nitrogens is 1. The second-order valence-corrected chi connectivity index (χ2v) is 6.55. The highest BCUT2D eigenvalue weighted by Crippen LogP contribution is 2.37. The number of hydrogen-bond donors (Lipinski definition) is 1. The summed E-state index contributed by atoms with van der Waals surface area (Å²) < 4.78 is 8.01. The summed E-state index contributed by atoms with van der Waals surface area (Å²) >= 11 is 0. The topological polar surface area (TPSA) is 33.3 Å². The Kier molecular flexibility index (Phi) is 2.52. The molecule has 0 fully saturated rings. The van der Waals surface area contributed by atoms with Gasteiger partial charge in [0.1, 0.15) is 11.5 Å². The predicted octanol–water partition coefficient (Wildman–Crippen LogP) is 3.30. The van der Waals surface area contributed by atoms with Crippen molar-refractivity contribution in [2.24, 2.45) is 0 Å². The lowest BCUT2D eigenvalue weighted by atomic mass is 9.93. The van der Waals surface area contributed by atoms with Gasteiger partial charge < -0.3 is 9.84 Å². The molecule has 0 bridgehead atoms. The third-order valence-electron chi connectivity index (χ3n) is 5.15. The molecule has 0 unspecified atom stereocenters. The van der Waals surface area contributed by atoms with Crippen molar-refractivity contribution in [2.75, 3.05) is 6.61 Å². The number of phenolic OH excluding ortho intramolecular Hbond substituents is 1. The van der Waals surface area contributed by atoms with Crippen LogP contribution in [0.4, 0.5) is 0 Å². The Balaban J connectivity index is 1.79. The van der Waals surface area contributed by atoms with E-state index < -0.39 is 0 Å². The molecule has 3 heteroatoms. The lowest BCUT2D eigenvalue weighted by molar-refractivity contribution is -0.686. The van der Waals surface area contributed by atoms with Crippen molar-refractivity contribution in [1.82, 2.24) is 0 Å². The second-order valence-electron chi connectivity index (χ2n) is 6.55. The van der Waals surface area contributed by atoms with Crippen LogP contribution in [-0.2, 0) is 19.4 Å². The third kappa shape index (κ3) is 1.79. The van der Waals surface area contributed by atoms with E-state index in [-0.39, 0.29) is 0 Å². The van der Waals surface area contributed by atoms with Gasteiger partial charge in [0.25, 0.3) is 0 Å². The van der Waals surface area contributed by atoms with Gasteiger partial charge in [-0.2, -0.15) is 4.57 Å². The Labute approximate surface area is 134 Å². The molecule has 3 heterocycles. The summed E-state index contributed by atoms with van der Waals surface area (Å²) in [4.78, 5) is 0. The van der Waals surface area contributed by atoms with E-state index in [1.54, 1.807) is 0 Å². The van der Waals surface area contributed by atoms with E-state index in [0.29, 0.717) is 5.75 Å². The van der Waals surface area contributed by atoms with E-state index in [4.69, 9.17) is 4.74 Å². The van der Waals surface area contributed by atoms with Gasteiger partial charge in [-0.1, -0.05) is 18.2 Å². The summed E-state index contributed by atoms with van der Waals surface area (Å²) in [6.07, 6.45) is 4.13. The van der Waals surface area contributed by atoms with Crippen LogP contribution < -0.4 is 9.30 Å². The quantitative estimate of drug-likeness (QED) is 0.647. The number of aromatic hydroxyl groups is 1. The van der Waals surface area contributed by atoms with Crippen LogP contribution in [0.3, 0.4) is 0 Å². The van der Waals surface area contributed by atoms with Gasteiger partial charge in [0.2, 0.25) is 5.69 Å². The maximum atomic E-state index is 10.3. The molecule has 0 atom stereocenters. The van der Waals surface area contributed by atoms with Crippen molar-refractivity contribution in [1.29, 1.82) is 0 Å². The van der Waals surface area contributed by atoms with Crippen LogP contribution in [0, 0.1) is 6.92 Å². The summed E-state index contributed by atoms with van der Waals surface area (Å²) in [5.74, 6) is 1.42. The number of pyridine rings is 1. The summed E-state index contributed by atoms with van der Waals surface area (Å²) in [5.41, 5.74) is 6.14. The van der Waals surface area contributed by atoms with Gasteiger partial charge >= 0.3 is 0 Å². The molecule has 0 aliphatic carbocycles.